The molecule has 21 heavy (non-hydrogen) atoms. The Morgan fingerprint density at radius 2 is 2.14 bits per heavy atom. The van der Waals surface area contributed by atoms with Gasteiger partial charge in [-0.05, 0) is 39.0 Å². The van der Waals surface area contributed by atoms with Gasteiger partial charge in [0.15, 0.2) is 0 Å². The number of benzene rings is 1. The number of amidine groups is 1. The summed E-state index contributed by atoms with van der Waals surface area (Å²) in [6.45, 7) is 2.94. The van der Waals surface area contributed by atoms with Crippen LogP contribution in [0.1, 0.15) is 24.3 Å². The monoisotopic (exact) mass is 290 g/mol. The minimum Gasteiger partial charge on any atom is -0.409 e. The van der Waals surface area contributed by atoms with E-state index in [1.165, 1.54) is 12.8 Å². The molecule has 1 heterocycles. The third kappa shape index (κ3) is 4.19. The maximum Gasteiger partial charge on any atom is 0.147 e. The molecule has 1 aliphatic heterocycles. The van der Waals surface area contributed by atoms with Crippen LogP contribution in [0.3, 0.4) is 0 Å². The zero-order valence-corrected chi connectivity index (χ0v) is 12.9. The first kappa shape index (κ1) is 15.8. The second-order valence-corrected chi connectivity index (χ2v) is 6.04. The Kier molecular flexibility index (Phi) is 5.59. The van der Waals surface area contributed by atoms with Crippen LogP contribution in [-0.2, 0) is 0 Å². The van der Waals surface area contributed by atoms with E-state index in [-0.39, 0.29) is 11.8 Å². The van der Waals surface area contributed by atoms with Crippen LogP contribution in [0.15, 0.2) is 35.5 Å². The maximum atomic E-state index is 9.09. The van der Waals surface area contributed by atoms with E-state index in [4.69, 9.17) is 10.9 Å². The van der Waals surface area contributed by atoms with E-state index in [0.29, 0.717) is 6.04 Å². The number of likely N-dealkylation sites (N-methyl/N-ethyl adjacent to an activating group) is 1. The van der Waals surface area contributed by atoms with Gasteiger partial charge in [0.25, 0.3) is 0 Å². The first-order chi connectivity index (χ1) is 10.1. The number of oxime groups is 1. The van der Waals surface area contributed by atoms with Crippen LogP contribution in [0.5, 0.6) is 0 Å². The highest BCUT2D eigenvalue weighted by Gasteiger charge is 2.29. The largest absolute Gasteiger partial charge is 0.409 e. The molecule has 0 aliphatic carbocycles. The summed E-state index contributed by atoms with van der Waals surface area (Å²) in [6.07, 6.45) is 2.44. The summed E-state index contributed by atoms with van der Waals surface area (Å²) in [7, 11) is 4.21. The molecule has 3 N–H and O–H groups in total. The average Bonchev–Trinajstić information content (AvgIpc) is 2.91. The van der Waals surface area contributed by atoms with Crippen LogP contribution >= 0.6 is 0 Å². The molecule has 0 amide bonds. The summed E-state index contributed by atoms with van der Waals surface area (Å²) in [5, 5.41) is 12.3. The second kappa shape index (κ2) is 7.43. The molecule has 1 aromatic rings. The highest BCUT2D eigenvalue weighted by atomic mass is 16.4. The Balaban J connectivity index is 2.12. The molecule has 5 nitrogen and oxygen atoms in total. The van der Waals surface area contributed by atoms with E-state index in [9.17, 15) is 0 Å². The lowest BCUT2D eigenvalue weighted by atomic mass is 9.97. The molecule has 0 bridgehead atoms. The minimum absolute atomic E-state index is 0.0565. The highest BCUT2D eigenvalue weighted by Crippen LogP contribution is 2.24. The summed E-state index contributed by atoms with van der Waals surface area (Å²) < 4.78 is 0. The predicted molar refractivity (Wildman–Crippen MR) is 85.7 cm³/mol. The molecule has 1 aliphatic rings. The third-order valence-corrected chi connectivity index (χ3v) is 4.17. The van der Waals surface area contributed by atoms with E-state index in [1.807, 2.05) is 30.3 Å². The van der Waals surface area contributed by atoms with Crippen molar-refractivity contribution in [3.8, 4) is 0 Å². The van der Waals surface area contributed by atoms with Crippen LogP contribution in [0.4, 0.5) is 0 Å². The first-order valence-corrected chi connectivity index (χ1v) is 7.53. The van der Waals surface area contributed by atoms with Crippen LogP contribution in [0.25, 0.3) is 0 Å². The molecule has 1 fully saturated rings. The zero-order chi connectivity index (χ0) is 15.2. The van der Waals surface area contributed by atoms with Crippen molar-refractivity contribution in [1.82, 2.24) is 9.80 Å². The Morgan fingerprint density at radius 1 is 1.43 bits per heavy atom. The van der Waals surface area contributed by atoms with E-state index < -0.39 is 0 Å². The van der Waals surface area contributed by atoms with Crippen LogP contribution in [0, 0.1) is 0 Å². The highest BCUT2D eigenvalue weighted by molar-refractivity contribution is 5.87. The smallest absolute Gasteiger partial charge is 0.147 e. The molecule has 2 atom stereocenters. The van der Waals surface area contributed by atoms with Crippen molar-refractivity contribution >= 4 is 5.84 Å². The number of hydrogen-bond acceptors (Lipinski definition) is 4. The predicted octanol–water partition coefficient (Wildman–Crippen LogP) is 1.54. The van der Waals surface area contributed by atoms with Crippen molar-refractivity contribution in [3.05, 3.63) is 35.9 Å². The van der Waals surface area contributed by atoms with Crippen molar-refractivity contribution in [3.63, 3.8) is 0 Å². The van der Waals surface area contributed by atoms with E-state index in [2.05, 4.69) is 29.1 Å². The lowest BCUT2D eigenvalue weighted by Crippen LogP contribution is -2.42. The van der Waals surface area contributed by atoms with Crippen molar-refractivity contribution in [2.75, 3.05) is 33.7 Å². The molecule has 0 spiro atoms. The summed E-state index contributed by atoms with van der Waals surface area (Å²) >= 11 is 0. The van der Waals surface area contributed by atoms with Gasteiger partial charge in [0.2, 0.25) is 0 Å². The fraction of sp³-hybridized carbons (Fsp3) is 0.562. The van der Waals surface area contributed by atoms with Gasteiger partial charge in [0, 0.05) is 19.1 Å². The molecule has 0 saturated carbocycles. The van der Waals surface area contributed by atoms with Gasteiger partial charge in [-0.1, -0.05) is 35.5 Å². The van der Waals surface area contributed by atoms with E-state index >= 15 is 0 Å². The molecule has 0 aromatic heterocycles. The van der Waals surface area contributed by atoms with Crippen molar-refractivity contribution in [2.24, 2.45) is 10.9 Å². The Hall–Kier alpha value is -1.59. The van der Waals surface area contributed by atoms with Crippen LogP contribution in [-0.4, -0.2) is 60.6 Å². The van der Waals surface area contributed by atoms with Crippen LogP contribution in [0.2, 0.25) is 0 Å². The standard InChI is InChI=1S/C16H26N4O/c1-19(2)11-14-9-6-10-20(14)12-15(16(17)18-21)13-7-4-3-5-8-13/h3-5,7-8,14-15,21H,6,9-12H2,1-2H3,(H2,17,18). The number of likely N-dealkylation sites (tertiary alicyclic amines) is 1. The lowest BCUT2D eigenvalue weighted by Gasteiger charge is -2.30. The summed E-state index contributed by atoms with van der Waals surface area (Å²) in [5.74, 6) is 0.232. The van der Waals surface area contributed by atoms with E-state index in [1.54, 1.807) is 0 Å². The molecular weight excluding hydrogens is 264 g/mol. The molecule has 2 rings (SSSR count). The third-order valence-electron chi connectivity index (χ3n) is 4.17. The van der Waals surface area contributed by atoms with Crippen molar-refractivity contribution in [2.45, 2.75) is 24.8 Å². The number of nitrogens with two attached hydrogens (primary N) is 1. The van der Waals surface area contributed by atoms with E-state index in [0.717, 1.165) is 25.2 Å². The van der Waals surface area contributed by atoms with Gasteiger partial charge in [-0.2, -0.15) is 0 Å². The van der Waals surface area contributed by atoms with Gasteiger partial charge < -0.3 is 15.8 Å². The summed E-state index contributed by atoms with van der Waals surface area (Å²) in [5.41, 5.74) is 7.04. The van der Waals surface area contributed by atoms with Gasteiger partial charge in [0.1, 0.15) is 5.84 Å². The summed E-state index contributed by atoms with van der Waals surface area (Å²) in [6, 6.07) is 10.6. The topological polar surface area (TPSA) is 65.1 Å². The van der Waals surface area contributed by atoms with Gasteiger partial charge in [-0.3, -0.25) is 4.90 Å². The number of hydrogen-bond donors (Lipinski definition) is 2. The SMILES string of the molecule is CN(C)CC1CCCN1CC(C(N)=NO)c1ccccc1. The number of nitrogens with zero attached hydrogens (tertiary/aromatic N) is 3. The maximum absolute atomic E-state index is 9.09. The Bertz CT molecular complexity index is 461. The van der Waals surface area contributed by atoms with Crippen LogP contribution < -0.4 is 5.73 Å². The van der Waals surface area contributed by atoms with Gasteiger partial charge >= 0.3 is 0 Å². The van der Waals surface area contributed by atoms with Gasteiger partial charge in [-0.25, -0.2) is 0 Å². The Labute approximate surface area is 127 Å². The fourth-order valence-corrected chi connectivity index (χ4v) is 3.12. The molecular formula is C16H26N4O. The average molecular weight is 290 g/mol. The Morgan fingerprint density at radius 3 is 2.76 bits per heavy atom. The molecule has 0 radical (unpaired) electrons. The second-order valence-electron chi connectivity index (χ2n) is 6.04. The zero-order valence-electron chi connectivity index (χ0n) is 12.9. The minimum atomic E-state index is -0.0565. The van der Waals surface area contributed by atoms with Gasteiger partial charge in [0.05, 0.1) is 5.92 Å². The van der Waals surface area contributed by atoms with Gasteiger partial charge in [-0.15, -0.1) is 0 Å². The quantitative estimate of drug-likeness (QED) is 0.361. The number of rotatable bonds is 6. The normalized spacial score (nSPS) is 21.9. The first-order valence-electron chi connectivity index (χ1n) is 7.53. The summed E-state index contributed by atoms with van der Waals surface area (Å²) in [4.78, 5) is 4.69. The molecule has 5 heteroatoms. The fourth-order valence-electron chi connectivity index (χ4n) is 3.12. The molecule has 2 unspecified atom stereocenters. The van der Waals surface area contributed by atoms with Crippen molar-refractivity contribution in [1.29, 1.82) is 0 Å². The molecule has 116 valence electrons. The molecule has 1 saturated heterocycles. The molecule has 1 aromatic carbocycles. The lowest BCUT2D eigenvalue weighted by molar-refractivity contribution is 0.205. The van der Waals surface area contributed by atoms with Crippen molar-refractivity contribution < 1.29 is 5.21 Å².